The Morgan fingerprint density at radius 3 is 2.88 bits per heavy atom. The fourth-order valence-electron chi connectivity index (χ4n) is 2.44. The third kappa shape index (κ3) is 2.31. The van der Waals surface area contributed by atoms with Crippen LogP contribution in [-0.4, -0.2) is 26.8 Å². The second-order valence-electron chi connectivity index (χ2n) is 4.84. The molecule has 0 bridgehead atoms. The van der Waals surface area contributed by atoms with Crippen molar-refractivity contribution in [1.82, 2.24) is 5.32 Å². The van der Waals surface area contributed by atoms with Gasteiger partial charge < -0.3 is 14.8 Å². The summed E-state index contributed by atoms with van der Waals surface area (Å²) in [6.07, 6.45) is 2.78. The van der Waals surface area contributed by atoms with E-state index in [2.05, 4.69) is 23.5 Å². The number of nitrogens with one attached hydrogen (secondary N) is 1. The van der Waals surface area contributed by atoms with E-state index in [1.807, 2.05) is 0 Å². The molecule has 0 spiro atoms. The first kappa shape index (κ1) is 11.1. The van der Waals surface area contributed by atoms with Gasteiger partial charge in [-0.2, -0.15) is 0 Å². The molecular formula is C14H19NO2. The van der Waals surface area contributed by atoms with Crippen LogP contribution in [0.3, 0.4) is 0 Å². The standard InChI is InChI=1S/C14H19NO2/c1-16-13-8-11(14-9-15-6-7-17-14)4-5-12(13)10-2-3-10/h4-5,8,10,14-15H,2-3,6-7,9H2,1H3. The largest absolute Gasteiger partial charge is 0.496 e. The van der Waals surface area contributed by atoms with Crippen LogP contribution < -0.4 is 10.1 Å². The van der Waals surface area contributed by atoms with E-state index in [1.165, 1.54) is 24.0 Å². The van der Waals surface area contributed by atoms with Gasteiger partial charge in [0.1, 0.15) is 5.75 Å². The maximum atomic E-state index is 5.76. The zero-order chi connectivity index (χ0) is 11.7. The molecule has 2 aliphatic rings. The summed E-state index contributed by atoms with van der Waals surface area (Å²) >= 11 is 0. The molecular weight excluding hydrogens is 214 g/mol. The van der Waals surface area contributed by atoms with Gasteiger partial charge >= 0.3 is 0 Å². The Balaban J connectivity index is 1.84. The van der Waals surface area contributed by atoms with Crippen LogP contribution >= 0.6 is 0 Å². The Morgan fingerprint density at radius 1 is 1.35 bits per heavy atom. The first-order chi connectivity index (χ1) is 8.38. The number of methoxy groups -OCH3 is 1. The van der Waals surface area contributed by atoms with Crippen molar-refractivity contribution in [3.05, 3.63) is 29.3 Å². The average Bonchev–Trinajstić information content (AvgIpc) is 3.23. The summed E-state index contributed by atoms with van der Waals surface area (Å²) in [5, 5.41) is 3.35. The molecule has 1 heterocycles. The van der Waals surface area contributed by atoms with Gasteiger partial charge in [0.25, 0.3) is 0 Å². The maximum absolute atomic E-state index is 5.76. The minimum atomic E-state index is 0.172. The van der Waals surface area contributed by atoms with E-state index in [4.69, 9.17) is 9.47 Å². The van der Waals surface area contributed by atoms with Crippen LogP contribution in [0.4, 0.5) is 0 Å². The fraction of sp³-hybridized carbons (Fsp3) is 0.571. The monoisotopic (exact) mass is 233 g/mol. The molecule has 1 aliphatic carbocycles. The number of rotatable bonds is 3. The molecule has 1 unspecified atom stereocenters. The smallest absolute Gasteiger partial charge is 0.122 e. The van der Waals surface area contributed by atoms with E-state index in [1.54, 1.807) is 7.11 Å². The topological polar surface area (TPSA) is 30.5 Å². The van der Waals surface area contributed by atoms with Gasteiger partial charge in [-0.05, 0) is 36.0 Å². The minimum absolute atomic E-state index is 0.172. The third-order valence-corrected chi connectivity index (χ3v) is 3.57. The van der Waals surface area contributed by atoms with Gasteiger partial charge in [0.2, 0.25) is 0 Å². The van der Waals surface area contributed by atoms with Crippen LogP contribution in [0.5, 0.6) is 5.75 Å². The van der Waals surface area contributed by atoms with Gasteiger partial charge in [-0.1, -0.05) is 12.1 Å². The van der Waals surface area contributed by atoms with Crippen molar-refractivity contribution < 1.29 is 9.47 Å². The fourth-order valence-corrected chi connectivity index (χ4v) is 2.44. The lowest BCUT2D eigenvalue weighted by molar-refractivity contribution is 0.0276. The van der Waals surface area contributed by atoms with Gasteiger partial charge in [0.05, 0.1) is 19.8 Å². The highest BCUT2D eigenvalue weighted by Crippen LogP contribution is 2.44. The molecule has 1 aromatic rings. The Kier molecular flexibility index (Phi) is 3.04. The van der Waals surface area contributed by atoms with Crippen molar-refractivity contribution in [2.24, 2.45) is 0 Å². The first-order valence-electron chi connectivity index (χ1n) is 6.38. The normalized spacial score (nSPS) is 24.6. The summed E-state index contributed by atoms with van der Waals surface area (Å²) in [7, 11) is 1.75. The number of hydrogen-bond donors (Lipinski definition) is 1. The van der Waals surface area contributed by atoms with Gasteiger partial charge in [0, 0.05) is 13.1 Å². The summed E-state index contributed by atoms with van der Waals surface area (Å²) in [5.74, 6) is 1.75. The highest BCUT2D eigenvalue weighted by atomic mass is 16.5. The second kappa shape index (κ2) is 4.67. The van der Waals surface area contributed by atoms with Crippen molar-refractivity contribution in [2.75, 3.05) is 26.8 Å². The van der Waals surface area contributed by atoms with E-state index in [9.17, 15) is 0 Å². The maximum Gasteiger partial charge on any atom is 0.122 e. The van der Waals surface area contributed by atoms with Gasteiger partial charge in [-0.15, -0.1) is 0 Å². The summed E-state index contributed by atoms with van der Waals surface area (Å²) in [6, 6.07) is 6.54. The average molecular weight is 233 g/mol. The molecule has 1 atom stereocenters. The molecule has 1 saturated carbocycles. The van der Waals surface area contributed by atoms with E-state index < -0.39 is 0 Å². The Hall–Kier alpha value is -1.06. The molecule has 0 radical (unpaired) electrons. The first-order valence-corrected chi connectivity index (χ1v) is 6.38. The minimum Gasteiger partial charge on any atom is -0.496 e. The van der Waals surface area contributed by atoms with E-state index in [-0.39, 0.29) is 6.10 Å². The molecule has 0 aromatic heterocycles. The molecule has 1 aliphatic heterocycles. The van der Waals surface area contributed by atoms with Crippen LogP contribution in [-0.2, 0) is 4.74 Å². The van der Waals surface area contributed by atoms with Crippen molar-refractivity contribution in [2.45, 2.75) is 24.9 Å². The molecule has 3 heteroatoms. The second-order valence-corrected chi connectivity index (χ2v) is 4.84. The lowest BCUT2D eigenvalue weighted by Crippen LogP contribution is -2.33. The number of morpholine rings is 1. The number of benzene rings is 1. The zero-order valence-corrected chi connectivity index (χ0v) is 10.2. The van der Waals surface area contributed by atoms with Crippen LogP contribution in [0.25, 0.3) is 0 Å². The van der Waals surface area contributed by atoms with Gasteiger partial charge in [0.15, 0.2) is 0 Å². The predicted octanol–water partition coefficient (Wildman–Crippen LogP) is 2.23. The highest BCUT2D eigenvalue weighted by Gasteiger charge is 2.27. The van der Waals surface area contributed by atoms with Gasteiger partial charge in [-0.25, -0.2) is 0 Å². The van der Waals surface area contributed by atoms with Crippen molar-refractivity contribution in [3.63, 3.8) is 0 Å². The Bertz CT molecular complexity index is 395. The summed E-state index contributed by atoms with van der Waals surface area (Å²) < 4.78 is 11.3. The Morgan fingerprint density at radius 2 is 2.24 bits per heavy atom. The van der Waals surface area contributed by atoms with Crippen molar-refractivity contribution >= 4 is 0 Å². The van der Waals surface area contributed by atoms with Crippen molar-refractivity contribution in [1.29, 1.82) is 0 Å². The summed E-state index contributed by atoms with van der Waals surface area (Å²) in [6.45, 7) is 2.64. The molecule has 1 saturated heterocycles. The Labute approximate surface area is 102 Å². The lowest BCUT2D eigenvalue weighted by Gasteiger charge is -2.24. The van der Waals surface area contributed by atoms with Crippen LogP contribution in [0.2, 0.25) is 0 Å². The molecule has 92 valence electrons. The van der Waals surface area contributed by atoms with Crippen LogP contribution in [0, 0.1) is 0 Å². The van der Waals surface area contributed by atoms with Crippen molar-refractivity contribution in [3.8, 4) is 5.75 Å². The number of ether oxygens (including phenoxy) is 2. The zero-order valence-electron chi connectivity index (χ0n) is 10.2. The van der Waals surface area contributed by atoms with Gasteiger partial charge in [-0.3, -0.25) is 0 Å². The lowest BCUT2D eigenvalue weighted by atomic mass is 10.0. The number of hydrogen-bond acceptors (Lipinski definition) is 3. The molecule has 1 N–H and O–H groups in total. The summed E-state index contributed by atoms with van der Waals surface area (Å²) in [4.78, 5) is 0. The highest BCUT2D eigenvalue weighted by molar-refractivity contribution is 5.42. The van der Waals surface area contributed by atoms with Crippen LogP contribution in [0.15, 0.2) is 18.2 Å². The molecule has 3 rings (SSSR count). The molecule has 1 aromatic carbocycles. The molecule has 0 amide bonds. The van der Waals surface area contributed by atoms with E-state index in [0.717, 1.165) is 31.4 Å². The van der Waals surface area contributed by atoms with E-state index >= 15 is 0 Å². The predicted molar refractivity (Wildman–Crippen MR) is 66.5 cm³/mol. The SMILES string of the molecule is COc1cc(C2CNCCO2)ccc1C1CC1. The molecule has 17 heavy (non-hydrogen) atoms. The van der Waals surface area contributed by atoms with Crippen LogP contribution in [0.1, 0.15) is 36.0 Å². The third-order valence-electron chi connectivity index (χ3n) is 3.57. The summed E-state index contributed by atoms with van der Waals surface area (Å²) in [5.41, 5.74) is 2.58. The molecule has 3 nitrogen and oxygen atoms in total. The van der Waals surface area contributed by atoms with E-state index in [0.29, 0.717) is 0 Å². The quantitative estimate of drug-likeness (QED) is 0.868. The molecule has 2 fully saturated rings.